The van der Waals surface area contributed by atoms with Crippen molar-refractivity contribution in [1.29, 1.82) is 0 Å². The topological polar surface area (TPSA) is 78.9 Å². The minimum atomic E-state index is -4.05. The summed E-state index contributed by atoms with van der Waals surface area (Å²) in [4.78, 5) is 0.0201. The zero-order valence-electron chi connectivity index (χ0n) is 15.9. The van der Waals surface area contributed by atoms with E-state index in [0.29, 0.717) is 5.75 Å². The van der Waals surface area contributed by atoms with Gasteiger partial charge in [0.15, 0.2) is 11.5 Å². The lowest BCUT2D eigenvalue weighted by atomic mass is 10.3. The Balaban J connectivity index is 2.21. The van der Waals surface area contributed by atoms with Crippen LogP contribution in [0.25, 0.3) is 0 Å². The number of para-hydroxylation sites is 2. The molecule has 0 spiro atoms. The van der Waals surface area contributed by atoms with E-state index in [1.807, 2.05) is 0 Å². The molecule has 0 saturated carbocycles. The van der Waals surface area contributed by atoms with Gasteiger partial charge in [-0.1, -0.05) is 50.1 Å². The summed E-state index contributed by atoms with van der Waals surface area (Å²) in [5.41, 5.74) is 0. The minimum absolute atomic E-state index is 0.0201. The van der Waals surface area contributed by atoms with Crippen LogP contribution in [0.4, 0.5) is 0 Å². The van der Waals surface area contributed by atoms with Crippen LogP contribution in [0.1, 0.15) is 33.1 Å². The van der Waals surface area contributed by atoms with Crippen molar-refractivity contribution >= 4 is 28.3 Å². The molecule has 6 nitrogen and oxygen atoms in total. The van der Waals surface area contributed by atoms with Crippen LogP contribution in [-0.4, -0.2) is 20.8 Å². The predicted octanol–water partition coefficient (Wildman–Crippen LogP) is 5.90. The molecule has 154 valence electrons. The first-order valence-corrected chi connectivity index (χ1v) is 13.6. The average molecular weight is 445 g/mol. The van der Waals surface area contributed by atoms with E-state index in [9.17, 15) is 13.0 Å². The molecule has 0 N–H and O–H groups in total. The molecule has 1 unspecified atom stereocenters. The van der Waals surface area contributed by atoms with E-state index in [4.69, 9.17) is 13.2 Å². The Hall–Kier alpha value is -1.47. The molecular weight excluding hydrogens is 419 g/mol. The quantitative estimate of drug-likeness (QED) is 0.229. The Kier molecular flexibility index (Phi) is 8.89. The van der Waals surface area contributed by atoms with Crippen molar-refractivity contribution in [3.63, 3.8) is 0 Å². The van der Waals surface area contributed by atoms with E-state index in [1.165, 1.54) is 24.3 Å². The summed E-state index contributed by atoms with van der Waals surface area (Å²) >= 11 is 1.11. The largest absolute Gasteiger partial charge is 0.440 e. The van der Waals surface area contributed by atoms with Crippen LogP contribution in [-0.2, 0) is 19.2 Å². The normalized spacial score (nSPS) is 13.6. The molecule has 0 bridgehead atoms. The van der Waals surface area contributed by atoms with E-state index in [-0.39, 0.29) is 23.0 Å². The monoisotopic (exact) mass is 444 g/mol. The zero-order chi connectivity index (χ0) is 20.5. The van der Waals surface area contributed by atoms with Crippen molar-refractivity contribution in [2.24, 2.45) is 0 Å². The molecule has 1 atom stereocenters. The summed E-state index contributed by atoms with van der Waals surface area (Å²) in [6.45, 7) is 0.522. The highest BCUT2D eigenvalue weighted by molar-refractivity contribution is 8.55. The summed E-state index contributed by atoms with van der Waals surface area (Å²) in [5.74, 6) is 0.637. The maximum atomic E-state index is 13.0. The standard InChI is InChI=1S/C19H25O6PS2/c1-3-5-11-16-27-26(20,23-4-2)24-18-14-9-10-15-19(18)25-28(21,22)17-12-7-6-8-13-17/h6-10,12-15H,3-5,11,16H2,1-2H3. The van der Waals surface area contributed by atoms with Gasteiger partial charge in [-0.3, -0.25) is 4.52 Å². The van der Waals surface area contributed by atoms with Crippen molar-refractivity contribution in [3.8, 4) is 11.5 Å². The third kappa shape index (κ3) is 6.85. The van der Waals surface area contributed by atoms with E-state index in [1.54, 1.807) is 37.3 Å². The molecule has 9 heteroatoms. The molecule has 0 aliphatic rings. The van der Waals surface area contributed by atoms with Gasteiger partial charge in [0.1, 0.15) is 4.90 Å². The fraction of sp³-hybridized carbons (Fsp3) is 0.368. The van der Waals surface area contributed by atoms with Gasteiger partial charge in [-0.15, -0.1) is 0 Å². The maximum Gasteiger partial charge on any atom is 0.440 e. The smallest absolute Gasteiger partial charge is 0.413 e. The van der Waals surface area contributed by atoms with Crippen molar-refractivity contribution in [3.05, 3.63) is 54.6 Å². The van der Waals surface area contributed by atoms with Crippen LogP contribution in [0.5, 0.6) is 11.5 Å². The van der Waals surface area contributed by atoms with E-state index < -0.39 is 16.9 Å². The second-order valence-corrected chi connectivity index (χ2v) is 11.5. The Bertz CT molecular complexity index is 886. The molecule has 0 radical (unpaired) electrons. The lowest BCUT2D eigenvalue weighted by Crippen LogP contribution is -2.10. The number of benzene rings is 2. The molecule has 0 amide bonds. The number of hydrogen-bond acceptors (Lipinski definition) is 7. The van der Waals surface area contributed by atoms with Crippen molar-refractivity contribution in [1.82, 2.24) is 0 Å². The van der Waals surface area contributed by atoms with Crippen molar-refractivity contribution in [2.75, 3.05) is 12.4 Å². The van der Waals surface area contributed by atoms with E-state index >= 15 is 0 Å². The van der Waals surface area contributed by atoms with E-state index in [2.05, 4.69) is 6.92 Å². The first kappa shape index (κ1) is 22.8. The Labute approximate surface area is 171 Å². The van der Waals surface area contributed by atoms with Crippen LogP contribution in [0.3, 0.4) is 0 Å². The van der Waals surface area contributed by atoms with Gasteiger partial charge in [0.2, 0.25) is 0 Å². The summed E-state index contributed by atoms with van der Waals surface area (Å²) in [5, 5.41) is 0. The van der Waals surface area contributed by atoms with Crippen LogP contribution >= 0.6 is 18.2 Å². The highest BCUT2D eigenvalue weighted by Gasteiger charge is 2.29. The molecule has 0 aromatic heterocycles. The van der Waals surface area contributed by atoms with Crippen LogP contribution in [0.15, 0.2) is 59.5 Å². The minimum Gasteiger partial charge on any atom is -0.413 e. The molecule has 0 saturated heterocycles. The lowest BCUT2D eigenvalue weighted by Gasteiger charge is -2.19. The highest BCUT2D eigenvalue weighted by Crippen LogP contribution is 2.61. The first-order valence-electron chi connectivity index (χ1n) is 9.07. The summed E-state index contributed by atoms with van der Waals surface area (Å²) in [7, 11) is -4.05. The van der Waals surface area contributed by atoms with Gasteiger partial charge in [0.05, 0.1) is 6.61 Å². The molecule has 2 aromatic carbocycles. The van der Waals surface area contributed by atoms with Crippen LogP contribution in [0, 0.1) is 0 Å². The highest BCUT2D eigenvalue weighted by atomic mass is 32.7. The molecule has 0 fully saturated rings. The van der Waals surface area contributed by atoms with E-state index in [0.717, 1.165) is 30.6 Å². The summed E-state index contributed by atoms with van der Waals surface area (Å²) in [6.07, 6.45) is 2.96. The fourth-order valence-electron chi connectivity index (χ4n) is 2.24. The molecule has 0 aliphatic heterocycles. The second-order valence-electron chi connectivity index (χ2n) is 5.79. The first-order chi connectivity index (χ1) is 13.4. The molecule has 0 aliphatic carbocycles. The van der Waals surface area contributed by atoms with Crippen LogP contribution in [0.2, 0.25) is 0 Å². The SMILES string of the molecule is CCCCCSP(=O)(OCC)Oc1ccccc1OS(=O)(=O)c1ccccc1. The Morgan fingerprint density at radius 3 is 2.21 bits per heavy atom. The predicted molar refractivity (Wildman–Crippen MR) is 113 cm³/mol. The molecule has 2 rings (SSSR count). The molecule has 2 aromatic rings. The Morgan fingerprint density at radius 1 is 0.929 bits per heavy atom. The van der Waals surface area contributed by atoms with Gasteiger partial charge in [-0.2, -0.15) is 8.42 Å². The third-order valence-corrected chi connectivity index (χ3v) is 8.64. The second kappa shape index (κ2) is 10.9. The van der Waals surface area contributed by atoms with Gasteiger partial charge in [-0.05, 0) is 49.0 Å². The summed E-state index contributed by atoms with van der Waals surface area (Å²) < 4.78 is 54.3. The van der Waals surface area contributed by atoms with Crippen molar-refractivity contribution < 1.29 is 26.2 Å². The van der Waals surface area contributed by atoms with Gasteiger partial charge >= 0.3 is 16.9 Å². The van der Waals surface area contributed by atoms with Gasteiger partial charge in [0, 0.05) is 5.75 Å². The van der Waals surface area contributed by atoms with Gasteiger partial charge < -0.3 is 8.71 Å². The fourth-order valence-corrected chi connectivity index (χ4v) is 6.65. The van der Waals surface area contributed by atoms with Crippen LogP contribution < -0.4 is 8.71 Å². The zero-order valence-corrected chi connectivity index (χ0v) is 18.5. The number of unbranched alkanes of at least 4 members (excludes halogenated alkanes) is 2. The maximum absolute atomic E-state index is 13.0. The third-order valence-electron chi connectivity index (χ3n) is 3.58. The average Bonchev–Trinajstić information content (AvgIpc) is 2.68. The molecular formula is C19H25O6PS2. The summed E-state index contributed by atoms with van der Waals surface area (Å²) in [6, 6.07) is 14.0. The van der Waals surface area contributed by atoms with Crippen molar-refractivity contribution in [2.45, 2.75) is 38.0 Å². The molecule has 0 heterocycles. The lowest BCUT2D eigenvalue weighted by molar-refractivity contribution is 0.294. The number of rotatable bonds is 12. The van der Waals surface area contributed by atoms with Gasteiger partial charge in [-0.25, -0.2) is 4.57 Å². The Morgan fingerprint density at radius 2 is 1.57 bits per heavy atom. The molecule has 28 heavy (non-hydrogen) atoms. The number of hydrogen-bond donors (Lipinski definition) is 0. The van der Waals surface area contributed by atoms with Gasteiger partial charge in [0.25, 0.3) is 0 Å².